The van der Waals surface area contributed by atoms with E-state index in [0.29, 0.717) is 12.2 Å². The second-order valence-corrected chi connectivity index (χ2v) is 5.34. The highest BCUT2D eigenvalue weighted by Gasteiger charge is 2.49. The maximum Gasteiger partial charge on any atom is 0.348 e. The van der Waals surface area contributed by atoms with Crippen LogP contribution in [0.15, 0.2) is 30.3 Å². The van der Waals surface area contributed by atoms with Gasteiger partial charge in [-0.05, 0) is 37.8 Å². The van der Waals surface area contributed by atoms with Gasteiger partial charge in [-0.15, -0.1) is 0 Å². The van der Waals surface area contributed by atoms with E-state index < -0.39 is 11.6 Å². The van der Waals surface area contributed by atoms with Crippen molar-refractivity contribution in [3.05, 3.63) is 30.3 Å². The number of rotatable bonds is 5. The van der Waals surface area contributed by atoms with Gasteiger partial charge in [0.25, 0.3) is 0 Å². The van der Waals surface area contributed by atoms with Crippen molar-refractivity contribution in [2.24, 2.45) is 5.92 Å². The molecule has 0 bridgehead atoms. The fraction of sp³-hybridized carbons (Fsp3) is 0.562. The first-order chi connectivity index (χ1) is 9.19. The summed E-state index contributed by atoms with van der Waals surface area (Å²) in [5, 5.41) is 9.72. The molecule has 1 fully saturated rings. The van der Waals surface area contributed by atoms with Crippen molar-refractivity contribution in [1.82, 2.24) is 0 Å². The SMILES string of the molecule is CCCC1CCCCC1(Oc1ccccc1)C(=O)O. The predicted octanol–water partition coefficient (Wildman–Crippen LogP) is 3.88. The summed E-state index contributed by atoms with van der Waals surface area (Å²) in [6, 6.07) is 9.33. The highest BCUT2D eigenvalue weighted by molar-refractivity contribution is 5.78. The summed E-state index contributed by atoms with van der Waals surface area (Å²) in [5.74, 6) is -0.0358. The highest BCUT2D eigenvalue weighted by atomic mass is 16.5. The minimum atomic E-state index is -1.03. The molecule has 0 amide bonds. The van der Waals surface area contributed by atoms with Gasteiger partial charge >= 0.3 is 5.97 Å². The Bertz CT molecular complexity index is 413. The van der Waals surface area contributed by atoms with Gasteiger partial charge in [-0.25, -0.2) is 4.79 Å². The molecule has 0 saturated heterocycles. The van der Waals surface area contributed by atoms with E-state index in [1.807, 2.05) is 30.3 Å². The van der Waals surface area contributed by atoms with Gasteiger partial charge < -0.3 is 9.84 Å². The van der Waals surface area contributed by atoms with Crippen LogP contribution in [0.3, 0.4) is 0 Å². The first kappa shape index (κ1) is 13.9. The molecule has 1 aliphatic rings. The summed E-state index contributed by atoms with van der Waals surface area (Å²) >= 11 is 0. The van der Waals surface area contributed by atoms with Crippen LogP contribution in [0.2, 0.25) is 0 Å². The fourth-order valence-corrected chi connectivity index (χ4v) is 3.10. The predicted molar refractivity (Wildman–Crippen MR) is 74.3 cm³/mol. The summed E-state index contributed by atoms with van der Waals surface area (Å²) in [7, 11) is 0. The van der Waals surface area contributed by atoms with Gasteiger partial charge in [-0.1, -0.05) is 38.0 Å². The Hall–Kier alpha value is -1.51. The number of hydrogen-bond donors (Lipinski definition) is 1. The smallest absolute Gasteiger partial charge is 0.348 e. The molecule has 0 aromatic heterocycles. The Morgan fingerprint density at radius 2 is 2.11 bits per heavy atom. The second-order valence-electron chi connectivity index (χ2n) is 5.34. The van der Waals surface area contributed by atoms with E-state index >= 15 is 0 Å². The second kappa shape index (κ2) is 6.09. The lowest BCUT2D eigenvalue weighted by molar-refractivity contribution is -0.165. The normalized spacial score (nSPS) is 26.9. The van der Waals surface area contributed by atoms with Gasteiger partial charge in [0.05, 0.1) is 0 Å². The van der Waals surface area contributed by atoms with Crippen molar-refractivity contribution in [2.75, 3.05) is 0 Å². The molecule has 3 heteroatoms. The number of carbonyl (C=O) groups is 1. The molecule has 0 heterocycles. The van der Waals surface area contributed by atoms with Crippen molar-refractivity contribution < 1.29 is 14.6 Å². The number of carboxylic acid groups (broad SMARTS) is 1. The van der Waals surface area contributed by atoms with E-state index in [4.69, 9.17) is 4.74 Å². The third-order valence-electron chi connectivity index (χ3n) is 4.05. The summed E-state index contributed by atoms with van der Waals surface area (Å²) in [5.41, 5.74) is -1.03. The molecule has 0 radical (unpaired) electrons. The Labute approximate surface area is 114 Å². The van der Waals surface area contributed by atoms with Gasteiger partial charge in [0.1, 0.15) is 5.75 Å². The fourth-order valence-electron chi connectivity index (χ4n) is 3.10. The maximum absolute atomic E-state index is 11.8. The molecule has 1 aromatic carbocycles. The van der Waals surface area contributed by atoms with E-state index in [9.17, 15) is 9.90 Å². The van der Waals surface area contributed by atoms with Gasteiger partial charge in [-0.3, -0.25) is 0 Å². The molecule has 1 saturated carbocycles. The molecule has 3 nitrogen and oxygen atoms in total. The van der Waals surface area contributed by atoms with E-state index in [2.05, 4.69) is 6.92 Å². The molecular weight excluding hydrogens is 240 g/mol. The van der Waals surface area contributed by atoms with Crippen molar-refractivity contribution in [3.8, 4) is 5.75 Å². The molecule has 104 valence electrons. The number of aliphatic carboxylic acids is 1. The molecule has 0 spiro atoms. The van der Waals surface area contributed by atoms with Crippen LogP contribution in [0, 0.1) is 5.92 Å². The minimum absolute atomic E-state index is 0.115. The number of benzene rings is 1. The molecule has 19 heavy (non-hydrogen) atoms. The maximum atomic E-state index is 11.8. The Kier molecular flexibility index (Phi) is 4.46. The van der Waals surface area contributed by atoms with E-state index in [1.54, 1.807) is 0 Å². The highest BCUT2D eigenvalue weighted by Crippen LogP contribution is 2.40. The van der Waals surface area contributed by atoms with Crippen LogP contribution in [0.1, 0.15) is 45.4 Å². The molecule has 0 aliphatic heterocycles. The molecule has 1 aliphatic carbocycles. The monoisotopic (exact) mass is 262 g/mol. The zero-order valence-electron chi connectivity index (χ0n) is 11.5. The lowest BCUT2D eigenvalue weighted by atomic mass is 9.73. The van der Waals surface area contributed by atoms with Crippen LogP contribution in [0.5, 0.6) is 5.75 Å². The summed E-state index contributed by atoms with van der Waals surface area (Å²) in [6.45, 7) is 2.10. The van der Waals surface area contributed by atoms with Crippen molar-refractivity contribution in [1.29, 1.82) is 0 Å². The zero-order valence-corrected chi connectivity index (χ0v) is 11.5. The zero-order chi connectivity index (χ0) is 13.7. The topological polar surface area (TPSA) is 46.5 Å². The van der Waals surface area contributed by atoms with Crippen LogP contribution < -0.4 is 4.74 Å². The average Bonchev–Trinajstić information content (AvgIpc) is 2.42. The Morgan fingerprint density at radius 1 is 1.37 bits per heavy atom. The van der Waals surface area contributed by atoms with Crippen molar-refractivity contribution >= 4 is 5.97 Å². The largest absolute Gasteiger partial charge is 0.478 e. The minimum Gasteiger partial charge on any atom is -0.478 e. The number of ether oxygens (including phenoxy) is 1. The lowest BCUT2D eigenvalue weighted by Gasteiger charge is -2.40. The van der Waals surface area contributed by atoms with Gasteiger partial charge in [-0.2, -0.15) is 0 Å². The first-order valence-electron chi connectivity index (χ1n) is 7.16. The summed E-state index contributed by atoms with van der Waals surface area (Å²) in [6.07, 6.45) is 5.52. The van der Waals surface area contributed by atoms with Crippen LogP contribution in [-0.2, 0) is 4.79 Å². The van der Waals surface area contributed by atoms with Crippen LogP contribution in [-0.4, -0.2) is 16.7 Å². The Balaban J connectivity index is 2.27. The number of hydrogen-bond acceptors (Lipinski definition) is 2. The van der Waals surface area contributed by atoms with Crippen LogP contribution in [0.4, 0.5) is 0 Å². The van der Waals surface area contributed by atoms with Crippen molar-refractivity contribution in [2.45, 2.75) is 51.0 Å². The van der Waals surface area contributed by atoms with E-state index in [-0.39, 0.29) is 5.92 Å². The third kappa shape index (κ3) is 2.91. The van der Waals surface area contributed by atoms with Crippen LogP contribution >= 0.6 is 0 Å². The molecule has 2 rings (SSSR count). The molecule has 2 atom stereocenters. The summed E-state index contributed by atoms with van der Waals surface area (Å²) in [4.78, 5) is 11.8. The molecular formula is C16H22O3. The van der Waals surface area contributed by atoms with E-state index in [0.717, 1.165) is 32.1 Å². The number of para-hydroxylation sites is 1. The summed E-state index contributed by atoms with van der Waals surface area (Å²) < 4.78 is 5.97. The van der Waals surface area contributed by atoms with Gasteiger partial charge in [0.15, 0.2) is 0 Å². The first-order valence-corrected chi connectivity index (χ1v) is 7.16. The van der Waals surface area contributed by atoms with Gasteiger partial charge in [0.2, 0.25) is 5.60 Å². The van der Waals surface area contributed by atoms with Gasteiger partial charge in [0, 0.05) is 5.92 Å². The average molecular weight is 262 g/mol. The number of carboxylic acids is 1. The molecule has 1 aromatic rings. The van der Waals surface area contributed by atoms with E-state index in [1.165, 1.54) is 0 Å². The standard InChI is InChI=1S/C16H22O3/c1-2-8-13-9-6-7-12-16(13,15(17)18)19-14-10-4-3-5-11-14/h3-5,10-11,13H,2,6-9,12H2,1H3,(H,17,18). The lowest BCUT2D eigenvalue weighted by Crippen LogP contribution is -2.52. The van der Waals surface area contributed by atoms with Crippen molar-refractivity contribution in [3.63, 3.8) is 0 Å². The Morgan fingerprint density at radius 3 is 2.74 bits per heavy atom. The molecule has 2 unspecified atom stereocenters. The quantitative estimate of drug-likeness (QED) is 0.876. The third-order valence-corrected chi connectivity index (χ3v) is 4.05. The van der Waals surface area contributed by atoms with Crippen LogP contribution in [0.25, 0.3) is 0 Å². The molecule has 1 N–H and O–H groups in total.